The monoisotopic (exact) mass is 279 g/mol. The number of aryl methyl sites for hydroxylation is 1. The summed E-state index contributed by atoms with van der Waals surface area (Å²) in [4.78, 5) is 9.59. The highest BCUT2D eigenvalue weighted by Gasteiger charge is 2.09. The van der Waals surface area contributed by atoms with Crippen LogP contribution in [-0.2, 0) is 6.54 Å². The largest absolute Gasteiger partial charge is 0.316 e. The van der Waals surface area contributed by atoms with Gasteiger partial charge in [-0.3, -0.25) is 0 Å². The zero-order chi connectivity index (χ0) is 13.0. The molecule has 0 amide bonds. The van der Waals surface area contributed by atoms with Crippen LogP contribution in [0.4, 0.5) is 0 Å². The molecule has 0 aliphatic rings. The number of aromatic nitrogens is 2. The van der Waals surface area contributed by atoms with E-state index in [1.54, 1.807) is 0 Å². The van der Waals surface area contributed by atoms with Crippen LogP contribution in [-0.4, -0.2) is 17.0 Å². The molecule has 0 radical (unpaired) electrons. The van der Waals surface area contributed by atoms with Crippen molar-refractivity contribution in [2.75, 3.05) is 7.05 Å². The topological polar surface area (TPSA) is 37.8 Å². The first-order valence-electron chi connectivity index (χ1n) is 5.59. The Bertz CT molecular complexity index is 528. The third-order valence-corrected chi connectivity index (χ3v) is 3.87. The molecule has 0 aliphatic heterocycles. The summed E-state index contributed by atoms with van der Waals surface area (Å²) in [5.41, 5.74) is 2.20. The Kier molecular flexibility index (Phi) is 4.58. The number of hydrogen-bond acceptors (Lipinski definition) is 4. The Morgan fingerprint density at radius 3 is 2.67 bits per heavy atom. The molecule has 2 rings (SSSR count). The molecule has 3 nitrogen and oxygen atoms in total. The van der Waals surface area contributed by atoms with Crippen molar-refractivity contribution in [1.29, 1.82) is 0 Å². The van der Waals surface area contributed by atoms with Crippen molar-refractivity contribution in [2.24, 2.45) is 0 Å². The number of nitrogens with one attached hydrogen (secondary N) is 1. The molecule has 1 aromatic carbocycles. The first-order valence-corrected chi connectivity index (χ1v) is 6.78. The molecule has 1 N–H and O–H groups in total. The molecule has 18 heavy (non-hydrogen) atoms. The van der Waals surface area contributed by atoms with Gasteiger partial charge in [0.25, 0.3) is 0 Å². The molecule has 1 aromatic heterocycles. The average Bonchev–Trinajstić information content (AvgIpc) is 2.36. The van der Waals surface area contributed by atoms with Crippen molar-refractivity contribution < 1.29 is 0 Å². The Labute approximate surface area is 116 Å². The quantitative estimate of drug-likeness (QED) is 0.872. The summed E-state index contributed by atoms with van der Waals surface area (Å²) < 4.78 is 0. The van der Waals surface area contributed by atoms with Crippen LogP contribution in [0.5, 0.6) is 0 Å². The predicted octanol–water partition coefficient (Wildman–Crippen LogP) is 3.31. The zero-order valence-electron chi connectivity index (χ0n) is 10.3. The summed E-state index contributed by atoms with van der Waals surface area (Å²) >= 11 is 7.74. The van der Waals surface area contributed by atoms with E-state index in [1.807, 2.05) is 38.5 Å². The lowest BCUT2D eigenvalue weighted by Gasteiger charge is -2.09. The van der Waals surface area contributed by atoms with Crippen molar-refractivity contribution >= 4 is 23.4 Å². The van der Waals surface area contributed by atoms with Gasteiger partial charge in [-0.05, 0) is 42.9 Å². The van der Waals surface area contributed by atoms with E-state index in [0.29, 0.717) is 5.16 Å². The number of benzene rings is 1. The molecule has 94 valence electrons. The van der Waals surface area contributed by atoms with Crippen LogP contribution < -0.4 is 5.32 Å². The van der Waals surface area contributed by atoms with E-state index >= 15 is 0 Å². The molecule has 5 heteroatoms. The second-order valence-electron chi connectivity index (χ2n) is 3.90. The summed E-state index contributed by atoms with van der Waals surface area (Å²) in [6.07, 6.45) is 3.62. The van der Waals surface area contributed by atoms with E-state index < -0.39 is 0 Å². The van der Waals surface area contributed by atoms with E-state index in [0.717, 1.165) is 27.6 Å². The Morgan fingerprint density at radius 1 is 1.28 bits per heavy atom. The maximum Gasteiger partial charge on any atom is 0.192 e. The fourth-order valence-corrected chi connectivity index (χ4v) is 2.66. The molecule has 0 spiro atoms. The average molecular weight is 280 g/mol. The lowest BCUT2D eigenvalue weighted by molar-refractivity contribution is 0.802. The van der Waals surface area contributed by atoms with Crippen molar-refractivity contribution in [3.8, 4) is 0 Å². The standard InChI is InChI=1S/C13H14ClN3S/c1-9-6-16-13(17-7-9)18-12-10(8-15-2)4-3-5-11(12)14/h3-7,15H,8H2,1-2H3. The highest BCUT2D eigenvalue weighted by Crippen LogP contribution is 2.34. The number of halogens is 1. The van der Waals surface area contributed by atoms with Crippen molar-refractivity contribution in [1.82, 2.24) is 15.3 Å². The van der Waals surface area contributed by atoms with E-state index in [9.17, 15) is 0 Å². The lowest BCUT2D eigenvalue weighted by Crippen LogP contribution is -2.06. The maximum absolute atomic E-state index is 6.24. The summed E-state index contributed by atoms with van der Waals surface area (Å²) in [5.74, 6) is 0. The number of nitrogens with zero attached hydrogens (tertiary/aromatic N) is 2. The van der Waals surface area contributed by atoms with Crippen LogP contribution in [0.2, 0.25) is 5.02 Å². The first-order chi connectivity index (χ1) is 8.70. The minimum absolute atomic E-state index is 0.714. The van der Waals surface area contributed by atoms with Crippen LogP contribution in [0.3, 0.4) is 0 Å². The zero-order valence-corrected chi connectivity index (χ0v) is 11.8. The second kappa shape index (κ2) is 6.18. The molecule has 0 unspecified atom stereocenters. The molecular weight excluding hydrogens is 266 g/mol. The maximum atomic E-state index is 6.24. The van der Waals surface area contributed by atoms with Crippen LogP contribution in [0.15, 0.2) is 40.6 Å². The smallest absolute Gasteiger partial charge is 0.192 e. The van der Waals surface area contributed by atoms with Gasteiger partial charge in [0.15, 0.2) is 5.16 Å². The fourth-order valence-electron chi connectivity index (χ4n) is 1.52. The van der Waals surface area contributed by atoms with Gasteiger partial charge in [0.2, 0.25) is 0 Å². The van der Waals surface area contributed by atoms with Gasteiger partial charge in [0.05, 0.1) is 5.02 Å². The number of rotatable bonds is 4. The predicted molar refractivity (Wildman–Crippen MR) is 75.1 cm³/mol. The summed E-state index contributed by atoms with van der Waals surface area (Å²) in [6, 6.07) is 5.89. The Morgan fingerprint density at radius 2 is 2.00 bits per heavy atom. The fraction of sp³-hybridized carbons (Fsp3) is 0.231. The van der Waals surface area contributed by atoms with Crippen molar-refractivity contribution in [3.63, 3.8) is 0 Å². The molecule has 0 bridgehead atoms. The van der Waals surface area contributed by atoms with Crippen molar-refractivity contribution in [3.05, 3.63) is 46.7 Å². The molecule has 0 saturated carbocycles. The van der Waals surface area contributed by atoms with E-state index in [-0.39, 0.29) is 0 Å². The van der Waals surface area contributed by atoms with Gasteiger partial charge in [-0.15, -0.1) is 0 Å². The van der Waals surface area contributed by atoms with Gasteiger partial charge >= 0.3 is 0 Å². The summed E-state index contributed by atoms with van der Waals surface area (Å²) in [5, 5.41) is 4.58. The lowest BCUT2D eigenvalue weighted by atomic mass is 10.2. The molecule has 0 fully saturated rings. The van der Waals surface area contributed by atoms with Crippen LogP contribution in [0.25, 0.3) is 0 Å². The molecule has 1 heterocycles. The van der Waals surface area contributed by atoms with Gasteiger partial charge in [0, 0.05) is 23.8 Å². The highest BCUT2D eigenvalue weighted by atomic mass is 35.5. The minimum atomic E-state index is 0.714. The molecule has 0 aliphatic carbocycles. The normalized spacial score (nSPS) is 10.6. The van der Waals surface area contributed by atoms with Gasteiger partial charge in [-0.1, -0.05) is 23.7 Å². The van der Waals surface area contributed by atoms with Gasteiger partial charge in [0.1, 0.15) is 0 Å². The minimum Gasteiger partial charge on any atom is -0.316 e. The molecule has 0 saturated heterocycles. The van der Waals surface area contributed by atoms with Crippen LogP contribution in [0, 0.1) is 6.92 Å². The van der Waals surface area contributed by atoms with Crippen LogP contribution >= 0.6 is 23.4 Å². The highest BCUT2D eigenvalue weighted by molar-refractivity contribution is 7.99. The Hall–Kier alpha value is -1.10. The summed E-state index contributed by atoms with van der Waals surface area (Å²) in [7, 11) is 1.91. The SMILES string of the molecule is CNCc1cccc(Cl)c1Sc1ncc(C)cn1. The third kappa shape index (κ3) is 3.22. The van der Waals surface area contributed by atoms with Gasteiger partial charge in [-0.25, -0.2) is 9.97 Å². The van der Waals surface area contributed by atoms with Gasteiger partial charge in [-0.2, -0.15) is 0 Å². The Balaban J connectivity index is 2.30. The third-order valence-electron chi connectivity index (χ3n) is 2.37. The van der Waals surface area contributed by atoms with E-state index in [1.165, 1.54) is 11.8 Å². The van der Waals surface area contributed by atoms with Crippen LogP contribution in [0.1, 0.15) is 11.1 Å². The first kappa shape index (κ1) is 13.3. The molecule has 0 atom stereocenters. The van der Waals surface area contributed by atoms with Crippen molar-refractivity contribution in [2.45, 2.75) is 23.5 Å². The molecular formula is C13H14ClN3S. The second-order valence-corrected chi connectivity index (χ2v) is 5.29. The summed E-state index contributed by atoms with van der Waals surface area (Å²) in [6.45, 7) is 2.74. The van der Waals surface area contributed by atoms with E-state index in [2.05, 4.69) is 21.4 Å². The molecule has 2 aromatic rings. The number of hydrogen-bond donors (Lipinski definition) is 1. The van der Waals surface area contributed by atoms with E-state index in [4.69, 9.17) is 11.6 Å². The van der Waals surface area contributed by atoms with Gasteiger partial charge < -0.3 is 5.32 Å².